The molecule has 2 aromatic carbocycles. The number of carbonyl (C=O) groups excluding carboxylic acids is 1. The van der Waals surface area contributed by atoms with Crippen LogP contribution in [-0.2, 0) is 10.0 Å². The largest absolute Gasteiger partial charge is 0.290 e. The first-order valence-corrected chi connectivity index (χ1v) is 7.61. The van der Waals surface area contributed by atoms with E-state index in [1.54, 1.807) is 12.1 Å². The molecule has 0 saturated carbocycles. The molecule has 21 heavy (non-hydrogen) atoms. The van der Waals surface area contributed by atoms with Crippen molar-refractivity contribution < 1.29 is 13.2 Å². The van der Waals surface area contributed by atoms with Crippen molar-refractivity contribution in [3.63, 3.8) is 0 Å². The van der Waals surface area contributed by atoms with Gasteiger partial charge in [0.15, 0.2) is 0 Å². The van der Waals surface area contributed by atoms with Gasteiger partial charge in [0.25, 0.3) is 15.9 Å². The van der Waals surface area contributed by atoms with Crippen molar-refractivity contribution in [3.8, 4) is 0 Å². The highest BCUT2D eigenvalue weighted by Gasteiger charge is 2.14. The minimum atomic E-state index is -3.64. The van der Waals surface area contributed by atoms with Gasteiger partial charge in [-0.15, -0.1) is 0 Å². The fraction of sp³-hybridized carbons (Fsp3) is 0.0714. The third-order valence-electron chi connectivity index (χ3n) is 2.86. The summed E-state index contributed by atoms with van der Waals surface area (Å²) < 4.78 is 26.8. The van der Waals surface area contributed by atoms with Crippen molar-refractivity contribution in [2.24, 2.45) is 5.84 Å². The Balaban J connectivity index is 2.20. The fourth-order valence-electron chi connectivity index (χ4n) is 1.70. The van der Waals surface area contributed by atoms with Crippen LogP contribution in [0.5, 0.6) is 0 Å². The number of hydrogen-bond acceptors (Lipinski definition) is 4. The first-order chi connectivity index (χ1) is 9.92. The molecule has 2 rings (SSSR count). The number of carbonyl (C=O) groups is 1. The number of amides is 1. The molecule has 0 heterocycles. The van der Waals surface area contributed by atoms with Crippen LogP contribution in [-0.4, -0.2) is 14.3 Å². The predicted molar refractivity (Wildman–Crippen MR) is 80.1 cm³/mol. The molecule has 0 aliphatic rings. The Bertz CT molecular complexity index is 738. The van der Waals surface area contributed by atoms with E-state index >= 15 is 0 Å². The van der Waals surface area contributed by atoms with E-state index in [1.807, 2.05) is 12.3 Å². The fourth-order valence-corrected chi connectivity index (χ4v) is 2.76. The highest BCUT2D eigenvalue weighted by molar-refractivity contribution is 7.92. The van der Waals surface area contributed by atoms with Crippen molar-refractivity contribution in [1.82, 2.24) is 5.43 Å². The van der Waals surface area contributed by atoms with Crippen LogP contribution in [0.25, 0.3) is 0 Å². The molecule has 6 nitrogen and oxygen atoms in total. The van der Waals surface area contributed by atoms with Gasteiger partial charge in [-0.1, -0.05) is 17.7 Å². The SMILES string of the molecule is Cc1ccc(S(=O)(=O)Nc2ccc(C(=O)NN)cc2)cc1. The molecule has 4 N–H and O–H groups in total. The molecular formula is C14H15N3O3S. The van der Waals surface area contributed by atoms with Gasteiger partial charge < -0.3 is 0 Å². The molecule has 0 saturated heterocycles. The van der Waals surface area contributed by atoms with Crippen LogP contribution in [0.4, 0.5) is 5.69 Å². The first-order valence-electron chi connectivity index (χ1n) is 6.13. The first kappa shape index (κ1) is 15.0. The maximum absolute atomic E-state index is 12.2. The van der Waals surface area contributed by atoms with E-state index in [0.29, 0.717) is 11.3 Å². The second-order valence-electron chi connectivity index (χ2n) is 4.47. The molecule has 0 spiro atoms. The average Bonchev–Trinajstić information content (AvgIpc) is 2.47. The number of anilines is 1. The van der Waals surface area contributed by atoms with Crippen molar-refractivity contribution >= 4 is 21.6 Å². The Morgan fingerprint density at radius 2 is 1.57 bits per heavy atom. The molecule has 0 fully saturated rings. The predicted octanol–water partition coefficient (Wildman–Crippen LogP) is 1.40. The Morgan fingerprint density at radius 3 is 2.10 bits per heavy atom. The third kappa shape index (κ3) is 3.59. The van der Waals surface area contributed by atoms with Crippen LogP contribution in [0.15, 0.2) is 53.4 Å². The molecule has 0 unspecified atom stereocenters. The average molecular weight is 305 g/mol. The quantitative estimate of drug-likeness (QED) is 0.451. The molecule has 0 aromatic heterocycles. The van der Waals surface area contributed by atoms with E-state index in [9.17, 15) is 13.2 Å². The third-order valence-corrected chi connectivity index (χ3v) is 4.26. The van der Waals surface area contributed by atoms with Crippen LogP contribution in [0.3, 0.4) is 0 Å². The van der Waals surface area contributed by atoms with Crippen molar-refractivity contribution in [3.05, 3.63) is 59.7 Å². The zero-order chi connectivity index (χ0) is 15.5. The maximum atomic E-state index is 12.2. The summed E-state index contributed by atoms with van der Waals surface area (Å²) in [7, 11) is -3.64. The zero-order valence-corrected chi connectivity index (χ0v) is 12.1. The normalized spacial score (nSPS) is 11.0. The minimum absolute atomic E-state index is 0.178. The molecule has 0 aliphatic carbocycles. The highest BCUT2D eigenvalue weighted by atomic mass is 32.2. The topological polar surface area (TPSA) is 101 Å². The van der Waals surface area contributed by atoms with E-state index in [-0.39, 0.29) is 4.90 Å². The van der Waals surface area contributed by atoms with Gasteiger partial charge in [-0.05, 0) is 43.3 Å². The molecule has 0 aliphatic heterocycles. The number of sulfonamides is 1. The second-order valence-corrected chi connectivity index (χ2v) is 6.15. The Kier molecular flexibility index (Phi) is 4.25. The van der Waals surface area contributed by atoms with E-state index < -0.39 is 15.9 Å². The van der Waals surface area contributed by atoms with Gasteiger partial charge in [0.1, 0.15) is 0 Å². The summed E-state index contributed by atoms with van der Waals surface area (Å²) in [6.45, 7) is 1.88. The molecule has 0 atom stereocenters. The van der Waals surface area contributed by atoms with Crippen LogP contribution in [0.2, 0.25) is 0 Å². The van der Waals surface area contributed by atoms with Crippen LogP contribution in [0.1, 0.15) is 15.9 Å². The van der Waals surface area contributed by atoms with Gasteiger partial charge in [-0.2, -0.15) is 0 Å². The number of hydrazine groups is 1. The number of nitrogens with two attached hydrogens (primary N) is 1. The van der Waals surface area contributed by atoms with Gasteiger partial charge in [0, 0.05) is 11.3 Å². The van der Waals surface area contributed by atoms with Crippen molar-refractivity contribution in [2.75, 3.05) is 4.72 Å². The van der Waals surface area contributed by atoms with E-state index in [4.69, 9.17) is 5.84 Å². The zero-order valence-electron chi connectivity index (χ0n) is 11.3. The van der Waals surface area contributed by atoms with Crippen LogP contribution in [0, 0.1) is 6.92 Å². The lowest BCUT2D eigenvalue weighted by Crippen LogP contribution is -2.29. The molecule has 0 radical (unpaired) electrons. The Morgan fingerprint density at radius 1 is 1.00 bits per heavy atom. The van der Waals surface area contributed by atoms with Crippen molar-refractivity contribution in [2.45, 2.75) is 11.8 Å². The van der Waals surface area contributed by atoms with Crippen LogP contribution < -0.4 is 16.0 Å². The summed E-state index contributed by atoms with van der Waals surface area (Å²) in [6, 6.07) is 12.5. The highest BCUT2D eigenvalue weighted by Crippen LogP contribution is 2.17. The summed E-state index contributed by atoms with van der Waals surface area (Å²) in [5.41, 5.74) is 3.69. The van der Waals surface area contributed by atoms with Gasteiger partial charge in [-0.3, -0.25) is 14.9 Å². The summed E-state index contributed by atoms with van der Waals surface area (Å²) in [6.07, 6.45) is 0. The molecular weight excluding hydrogens is 290 g/mol. The number of aryl methyl sites for hydroxylation is 1. The van der Waals surface area contributed by atoms with Gasteiger partial charge in [0.2, 0.25) is 0 Å². The van der Waals surface area contributed by atoms with Crippen LogP contribution >= 0.6 is 0 Å². The number of benzene rings is 2. The molecule has 7 heteroatoms. The number of hydrogen-bond donors (Lipinski definition) is 3. The summed E-state index contributed by atoms with van der Waals surface area (Å²) in [5.74, 6) is 4.58. The van der Waals surface area contributed by atoms with E-state index in [1.165, 1.54) is 36.4 Å². The Hall–Kier alpha value is -2.38. The monoisotopic (exact) mass is 305 g/mol. The smallest absolute Gasteiger partial charge is 0.265 e. The molecule has 110 valence electrons. The minimum Gasteiger partial charge on any atom is -0.290 e. The molecule has 2 aromatic rings. The van der Waals surface area contributed by atoms with Gasteiger partial charge in [0.05, 0.1) is 4.90 Å². The van der Waals surface area contributed by atoms with Gasteiger partial charge >= 0.3 is 0 Å². The summed E-state index contributed by atoms with van der Waals surface area (Å²) in [5, 5.41) is 0. The number of nitrogens with one attached hydrogen (secondary N) is 2. The number of nitrogen functional groups attached to an aromatic ring is 1. The summed E-state index contributed by atoms with van der Waals surface area (Å²) in [4.78, 5) is 11.5. The van der Waals surface area contributed by atoms with Crippen molar-refractivity contribution in [1.29, 1.82) is 0 Å². The lowest BCUT2D eigenvalue weighted by Gasteiger charge is -2.09. The second kappa shape index (κ2) is 5.94. The Labute approximate surface area is 123 Å². The number of rotatable bonds is 4. The maximum Gasteiger partial charge on any atom is 0.265 e. The molecule has 1 amide bonds. The van der Waals surface area contributed by atoms with E-state index in [2.05, 4.69) is 4.72 Å². The summed E-state index contributed by atoms with van der Waals surface area (Å²) >= 11 is 0. The lowest BCUT2D eigenvalue weighted by atomic mass is 10.2. The lowest BCUT2D eigenvalue weighted by molar-refractivity contribution is 0.0953. The van der Waals surface area contributed by atoms with Gasteiger partial charge in [-0.25, -0.2) is 14.3 Å². The van der Waals surface area contributed by atoms with E-state index in [0.717, 1.165) is 5.56 Å². The molecule has 0 bridgehead atoms. The standard InChI is InChI=1S/C14H15N3O3S/c1-10-2-8-13(9-3-10)21(19,20)17-12-6-4-11(5-7-12)14(18)16-15/h2-9,17H,15H2,1H3,(H,16,18).